The van der Waals surface area contributed by atoms with Gasteiger partial charge in [0, 0.05) is 24.8 Å². The predicted molar refractivity (Wildman–Crippen MR) is 65.0 cm³/mol. The van der Waals surface area contributed by atoms with E-state index in [0.29, 0.717) is 0 Å². The van der Waals surface area contributed by atoms with Crippen LogP contribution in [-0.4, -0.2) is 13.1 Å². The van der Waals surface area contributed by atoms with Crippen molar-refractivity contribution in [2.45, 2.75) is 19.4 Å². The van der Waals surface area contributed by atoms with E-state index in [0.717, 1.165) is 19.5 Å². The van der Waals surface area contributed by atoms with Crippen LogP contribution < -0.4 is 10.6 Å². The maximum atomic E-state index is 5.82. The summed E-state index contributed by atoms with van der Waals surface area (Å²) in [6.45, 7) is 4.16. The average molecular weight is 202 g/mol. The van der Waals surface area contributed by atoms with Crippen LogP contribution >= 0.6 is 0 Å². The van der Waals surface area contributed by atoms with Gasteiger partial charge in [0.05, 0.1) is 0 Å². The van der Waals surface area contributed by atoms with Gasteiger partial charge in [-0.1, -0.05) is 24.3 Å². The fourth-order valence-corrected chi connectivity index (χ4v) is 1.86. The number of hydrogen-bond donors (Lipinski definition) is 1. The Labute approximate surface area is 91.4 Å². The highest BCUT2D eigenvalue weighted by atomic mass is 15.1. The third-order valence-electron chi connectivity index (χ3n) is 2.84. The Morgan fingerprint density at radius 3 is 2.47 bits per heavy atom. The second-order valence-corrected chi connectivity index (χ2v) is 4.09. The lowest BCUT2D eigenvalue weighted by molar-refractivity contribution is 0.807. The van der Waals surface area contributed by atoms with E-state index < -0.39 is 0 Å². The second-order valence-electron chi connectivity index (χ2n) is 4.09. The van der Waals surface area contributed by atoms with Crippen molar-refractivity contribution < 1.29 is 0 Å². The summed E-state index contributed by atoms with van der Waals surface area (Å²) < 4.78 is 0. The molecule has 0 bridgehead atoms. The standard InChI is InChI=1S/C13H18N2/c1-11(14)12-5-7-13(8-6-12)15-9-3-2-4-10-15/h2-3,5-8,11H,4,9-10,14H2,1H3/t11-/m0/s1. The summed E-state index contributed by atoms with van der Waals surface area (Å²) in [6, 6.07) is 8.70. The van der Waals surface area contributed by atoms with Crippen LogP contribution in [0.4, 0.5) is 5.69 Å². The lowest BCUT2D eigenvalue weighted by atomic mass is 10.1. The molecule has 2 nitrogen and oxygen atoms in total. The fourth-order valence-electron chi connectivity index (χ4n) is 1.86. The molecule has 80 valence electrons. The van der Waals surface area contributed by atoms with Crippen LogP contribution in [0.2, 0.25) is 0 Å². The fraction of sp³-hybridized carbons (Fsp3) is 0.385. The van der Waals surface area contributed by atoms with Crippen molar-refractivity contribution in [1.82, 2.24) is 0 Å². The van der Waals surface area contributed by atoms with Gasteiger partial charge in [-0.2, -0.15) is 0 Å². The van der Waals surface area contributed by atoms with E-state index in [2.05, 4.69) is 41.3 Å². The number of nitrogens with zero attached hydrogens (tertiary/aromatic N) is 1. The smallest absolute Gasteiger partial charge is 0.0369 e. The molecule has 1 heterocycles. The number of rotatable bonds is 2. The minimum Gasteiger partial charge on any atom is -0.368 e. The van der Waals surface area contributed by atoms with Crippen molar-refractivity contribution in [3.05, 3.63) is 42.0 Å². The molecule has 0 radical (unpaired) electrons. The summed E-state index contributed by atoms with van der Waals surface area (Å²) in [6.07, 6.45) is 5.62. The van der Waals surface area contributed by atoms with Gasteiger partial charge in [0.2, 0.25) is 0 Å². The summed E-state index contributed by atoms with van der Waals surface area (Å²) in [5.41, 5.74) is 8.31. The topological polar surface area (TPSA) is 29.3 Å². The minimum absolute atomic E-state index is 0.125. The Hall–Kier alpha value is -1.28. The van der Waals surface area contributed by atoms with Crippen LogP contribution in [0.5, 0.6) is 0 Å². The molecular weight excluding hydrogens is 184 g/mol. The second kappa shape index (κ2) is 4.49. The van der Waals surface area contributed by atoms with E-state index in [4.69, 9.17) is 5.73 Å². The molecule has 0 saturated carbocycles. The van der Waals surface area contributed by atoms with Gasteiger partial charge >= 0.3 is 0 Å². The van der Waals surface area contributed by atoms with Gasteiger partial charge in [-0.25, -0.2) is 0 Å². The van der Waals surface area contributed by atoms with Crippen molar-refractivity contribution in [3.63, 3.8) is 0 Å². The van der Waals surface area contributed by atoms with Crippen molar-refractivity contribution >= 4 is 5.69 Å². The van der Waals surface area contributed by atoms with Crippen LogP contribution in [0.25, 0.3) is 0 Å². The van der Waals surface area contributed by atoms with Gasteiger partial charge in [0.1, 0.15) is 0 Å². The Morgan fingerprint density at radius 2 is 1.93 bits per heavy atom. The first-order valence-electron chi connectivity index (χ1n) is 5.53. The van der Waals surface area contributed by atoms with Crippen molar-refractivity contribution in [1.29, 1.82) is 0 Å². The number of hydrogen-bond acceptors (Lipinski definition) is 2. The molecule has 1 aromatic carbocycles. The van der Waals surface area contributed by atoms with E-state index in [1.54, 1.807) is 0 Å². The molecule has 1 aliphatic heterocycles. The number of benzene rings is 1. The van der Waals surface area contributed by atoms with Crippen LogP contribution in [-0.2, 0) is 0 Å². The lowest BCUT2D eigenvalue weighted by Crippen LogP contribution is -2.26. The molecule has 0 aliphatic carbocycles. The third-order valence-corrected chi connectivity index (χ3v) is 2.84. The van der Waals surface area contributed by atoms with E-state index >= 15 is 0 Å². The monoisotopic (exact) mass is 202 g/mol. The Balaban J connectivity index is 2.12. The van der Waals surface area contributed by atoms with E-state index in [9.17, 15) is 0 Å². The van der Waals surface area contributed by atoms with Gasteiger partial charge in [0.15, 0.2) is 0 Å². The molecule has 2 heteroatoms. The summed E-state index contributed by atoms with van der Waals surface area (Å²) in [5.74, 6) is 0. The maximum Gasteiger partial charge on any atom is 0.0369 e. The van der Waals surface area contributed by atoms with Crippen LogP contribution in [0.3, 0.4) is 0 Å². The SMILES string of the molecule is C[C@H](N)c1ccc(N2CC=CCC2)cc1. The third kappa shape index (κ3) is 2.39. The van der Waals surface area contributed by atoms with Gasteiger partial charge in [-0.15, -0.1) is 0 Å². The first kappa shape index (κ1) is 10.2. The maximum absolute atomic E-state index is 5.82. The summed E-state index contributed by atoms with van der Waals surface area (Å²) in [4.78, 5) is 2.38. The molecule has 1 aliphatic rings. The van der Waals surface area contributed by atoms with Crippen LogP contribution in [0, 0.1) is 0 Å². The van der Waals surface area contributed by atoms with Crippen molar-refractivity contribution in [2.24, 2.45) is 5.73 Å². The van der Waals surface area contributed by atoms with E-state index in [-0.39, 0.29) is 6.04 Å². The van der Waals surface area contributed by atoms with Crippen molar-refractivity contribution in [2.75, 3.05) is 18.0 Å². The first-order chi connectivity index (χ1) is 7.27. The Morgan fingerprint density at radius 1 is 1.20 bits per heavy atom. The molecular formula is C13H18N2. The van der Waals surface area contributed by atoms with Gasteiger partial charge < -0.3 is 10.6 Å². The largest absolute Gasteiger partial charge is 0.368 e. The quantitative estimate of drug-likeness (QED) is 0.746. The molecule has 2 N–H and O–H groups in total. The summed E-state index contributed by atoms with van der Waals surface area (Å²) in [5, 5.41) is 0. The highest BCUT2D eigenvalue weighted by Crippen LogP contribution is 2.19. The molecule has 2 rings (SSSR count). The number of anilines is 1. The molecule has 0 fully saturated rings. The zero-order valence-electron chi connectivity index (χ0n) is 9.19. The van der Waals surface area contributed by atoms with Crippen molar-refractivity contribution in [3.8, 4) is 0 Å². The predicted octanol–water partition coefficient (Wildman–Crippen LogP) is 2.47. The Bertz CT molecular complexity index is 338. The van der Waals surface area contributed by atoms with Gasteiger partial charge in [0.25, 0.3) is 0 Å². The Kier molecular flexibility index (Phi) is 3.07. The highest BCUT2D eigenvalue weighted by molar-refractivity contribution is 5.49. The zero-order chi connectivity index (χ0) is 10.7. The average Bonchev–Trinajstić information content (AvgIpc) is 2.30. The molecule has 0 saturated heterocycles. The normalized spacial score (nSPS) is 17.9. The van der Waals surface area contributed by atoms with Crippen LogP contribution in [0.15, 0.2) is 36.4 Å². The summed E-state index contributed by atoms with van der Waals surface area (Å²) in [7, 11) is 0. The molecule has 1 aromatic rings. The zero-order valence-corrected chi connectivity index (χ0v) is 9.19. The first-order valence-corrected chi connectivity index (χ1v) is 5.53. The minimum atomic E-state index is 0.125. The molecule has 0 spiro atoms. The molecule has 0 aromatic heterocycles. The van der Waals surface area contributed by atoms with Gasteiger partial charge in [-0.3, -0.25) is 0 Å². The van der Waals surface area contributed by atoms with E-state index in [1.165, 1.54) is 11.3 Å². The van der Waals surface area contributed by atoms with E-state index in [1.807, 2.05) is 6.92 Å². The number of nitrogens with two attached hydrogens (primary N) is 1. The highest BCUT2D eigenvalue weighted by Gasteiger charge is 2.07. The van der Waals surface area contributed by atoms with Gasteiger partial charge in [-0.05, 0) is 31.0 Å². The molecule has 0 amide bonds. The molecule has 0 unspecified atom stereocenters. The lowest BCUT2D eigenvalue weighted by Gasteiger charge is -2.25. The summed E-state index contributed by atoms with van der Waals surface area (Å²) >= 11 is 0. The molecule has 15 heavy (non-hydrogen) atoms. The molecule has 1 atom stereocenters. The van der Waals surface area contributed by atoms with Crippen LogP contribution in [0.1, 0.15) is 24.9 Å².